The fourth-order valence-electron chi connectivity index (χ4n) is 2.65. The molecule has 1 N–H and O–H groups in total. The van der Waals surface area contributed by atoms with Gasteiger partial charge in [-0.3, -0.25) is 9.10 Å². The van der Waals surface area contributed by atoms with Gasteiger partial charge in [0.25, 0.3) is 5.91 Å². The predicted octanol–water partition coefficient (Wildman–Crippen LogP) is 2.43. The molecule has 1 aromatic rings. The lowest BCUT2D eigenvalue weighted by Crippen LogP contribution is -2.33. The number of hydrogen-bond acceptors (Lipinski definition) is 4. The molecule has 7 nitrogen and oxygen atoms in total. The molecule has 0 atom stereocenters. The highest BCUT2D eigenvalue weighted by molar-refractivity contribution is 7.92. The monoisotopic (exact) mass is 370 g/mol. The van der Waals surface area contributed by atoms with Crippen LogP contribution in [0.15, 0.2) is 18.2 Å². The Kier molecular flexibility index (Phi) is 7.41. The van der Waals surface area contributed by atoms with Crippen molar-refractivity contribution in [2.45, 2.75) is 33.6 Å². The molecule has 0 aromatic heterocycles. The van der Waals surface area contributed by atoms with Gasteiger partial charge in [0.15, 0.2) is 0 Å². The topological polar surface area (TPSA) is 95.0 Å². The first kappa shape index (κ1) is 21.0. The molecule has 0 saturated carbocycles. The highest BCUT2D eigenvalue weighted by Gasteiger charge is 2.22. The normalized spacial score (nSPS) is 11.2. The molecule has 25 heavy (non-hydrogen) atoms. The van der Waals surface area contributed by atoms with Crippen LogP contribution in [0.5, 0.6) is 0 Å². The Bertz CT molecular complexity index is 725. The number of hydrogen-bond donors (Lipinski definition) is 1. The summed E-state index contributed by atoms with van der Waals surface area (Å²) in [6.45, 7) is 6.82. The lowest BCUT2D eigenvalue weighted by atomic mass is 10.1. The van der Waals surface area contributed by atoms with Crippen LogP contribution in [-0.2, 0) is 10.0 Å². The van der Waals surface area contributed by atoms with E-state index in [2.05, 4.69) is 0 Å². The van der Waals surface area contributed by atoms with Crippen molar-refractivity contribution in [1.29, 1.82) is 0 Å². The van der Waals surface area contributed by atoms with Gasteiger partial charge in [0.05, 0.1) is 17.5 Å². The van der Waals surface area contributed by atoms with Crippen LogP contribution in [0.1, 0.15) is 54.3 Å². The van der Waals surface area contributed by atoms with E-state index in [0.29, 0.717) is 13.1 Å². The smallest absolute Gasteiger partial charge is 0.335 e. The van der Waals surface area contributed by atoms with Crippen molar-refractivity contribution in [3.05, 3.63) is 29.3 Å². The third-order valence-electron chi connectivity index (χ3n) is 3.66. The number of nitrogens with zero attached hydrogens (tertiary/aromatic N) is 2. The molecule has 1 aromatic carbocycles. The summed E-state index contributed by atoms with van der Waals surface area (Å²) in [5, 5.41) is 9.33. The highest BCUT2D eigenvalue weighted by atomic mass is 32.2. The molecule has 1 rings (SSSR count). The predicted molar refractivity (Wildman–Crippen MR) is 97.8 cm³/mol. The molecule has 0 saturated heterocycles. The van der Waals surface area contributed by atoms with Crippen LogP contribution >= 0.6 is 0 Å². The standard InChI is InChI=1S/C17H26N2O5S/c1-5-8-18(9-6-2)16(20)13-10-14(17(21)22)12-15(11-13)19(7-3)25(4,23)24/h10-12H,5-9H2,1-4H3,(H,21,22). The molecule has 0 aliphatic rings. The Morgan fingerprint density at radius 3 is 1.92 bits per heavy atom. The maximum atomic E-state index is 12.8. The summed E-state index contributed by atoms with van der Waals surface area (Å²) in [5.74, 6) is -1.50. The van der Waals surface area contributed by atoms with Gasteiger partial charge >= 0.3 is 5.97 Å². The summed E-state index contributed by atoms with van der Waals surface area (Å²) in [6.07, 6.45) is 2.61. The van der Waals surface area contributed by atoms with Crippen LogP contribution in [0.3, 0.4) is 0 Å². The summed E-state index contributed by atoms with van der Waals surface area (Å²) in [5.41, 5.74) is 0.246. The van der Waals surface area contributed by atoms with E-state index in [1.807, 2.05) is 13.8 Å². The molecule has 8 heteroatoms. The van der Waals surface area contributed by atoms with Gasteiger partial charge in [-0.15, -0.1) is 0 Å². The maximum Gasteiger partial charge on any atom is 0.335 e. The van der Waals surface area contributed by atoms with Crippen LogP contribution in [-0.4, -0.2) is 56.2 Å². The molecule has 0 aliphatic heterocycles. The lowest BCUT2D eigenvalue weighted by molar-refractivity contribution is 0.0697. The first-order valence-electron chi connectivity index (χ1n) is 8.31. The van der Waals surface area contributed by atoms with Gasteiger partial charge in [-0.05, 0) is 38.0 Å². The van der Waals surface area contributed by atoms with E-state index >= 15 is 0 Å². The second-order valence-electron chi connectivity index (χ2n) is 5.79. The van der Waals surface area contributed by atoms with Crippen LogP contribution in [0.25, 0.3) is 0 Å². The average Bonchev–Trinajstić information content (AvgIpc) is 2.53. The van der Waals surface area contributed by atoms with Gasteiger partial charge in [0.2, 0.25) is 10.0 Å². The van der Waals surface area contributed by atoms with E-state index in [9.17, 15) is 23.1 Å². The largest absolute Gasteiger partial charge is 0.478 e. The molecule has 0 fully saturated rings. The molecular formula is C17H26N2O5S. The van der Waals surface area contributed by atoms with E-state index in [1.54, 1.807) is 11.8 Å². The molecule has 0 heterocycles. The van der Waals surface area contributed by atoms with Gasteiger partial charge in [0.1, 0.15) is 0 Å². The van der Waals surface area contributed by atoms with E-state index in [1.165, 1.54) is 18.2 Å². The number of sulfonamides is 1. The second kappa shape index (κ2) is 8.84. The molecule has 1 amide bonds. The van der Waals surface area contributed by atoms with E-state index < -0.39 is 16.0 Å². The number of benzene rings is 1. The average molecular weight is 370 g/mol. The van der Waals surface area contributed by atoms with Crippen molar-refractivity contribution in [3.8, 4) is 0 Å². The Balaban J connectivity index is 3.45. The van der Waals surface area contributed by atoms with Crippen LogP contribution < -0.4 is 4.31 Å². The first-order valence-corrected chi connectivity index (χ1v) is 10.2. The van der Waals surface area contributed by atoms with Gasteiger partial charge in [0, 0.05) is 25.2 Å². The Hall–Kier alpha value is -2.09. The van der Waals surface area contributed by atoms with Gasteiger partial charge in [-0.25, -0.2) is 13.2 Å². The zero-order chi connectivity index (χ0) is 19.2. The molecule has 0 unspecified atom stereocenters. The summed E-state index contributed by atoms with van der Waals surface area (Å²) < 4.78 is 25.0. The SMILES string of the molecule is CCCN(CCC)C(=O)c1cc(C(=O)O)cc(N(CC)S(C)(=O)=O)c1. The van der Waals surface area contributed by atoms with Gasteiger partial charge in [-0.1, -0.05) is 13.8 Å². The van der Waals surface area contributed by atoms with Crippen LogP contribution in [0, 0.1) is 0 Å². The minimum atomic E-state index is -3.58. The Labute approximate surface area is 149 Å². The second-order valence-corrected chi connectivity index (χ2v) is 7.70. The third kappa shape index (κ3) is 5.45. The number of aromatic carboxylic acids is 1. The summed E-state index contributed by atoms with van der Waals surface area (Å²) in [7, 11) is -3.58. The number of amides is 1. The minimum Gasteiger partial charge on any atom is -0.478 e. The number of carboxylic acids is 1. The number of carboxylic acid groups (broad SMARTS) is 1. The molecule has 0 radical (unpaired) electrons. The summed E-state index contributed by atoms with van der Waals surface area (Å²) in [6, 6.07) is 4.01. The molecular weight excluding hydrogens is 344 g/mol. The number of anilines is 1. The number of carbonyl (C=O) groups is 2. The highest BCUT2D eigenvalue weighted by Crippen LogP contribution is 2.23. The maximum absolute atomic E-state index is 12.8. The Morgan fingerprint density at radius 2 is 1.52 bits per heavy atom. The summed E-state index contributed by atoms with van der Waals surface area (Å²) in [4.78, 5) is 25.8. The van der Waals surface area contributed by atoms with E-state index in [4.69, 9.17) is 0 Å². The molecule has 0 spiro atoms. The molecule has 0 bridgehead atoms. The van der Waals surface area contributed by atoms with Gasteiger partial charge in [-0.2, -0.15) is 0 Å². The van der Waals surface area contributed by atoms with Crippen molar-refractivity contribution >= 4 is 27.6 Å². The number of carbonyl (C=O) groups excluding carboxylic acids is 1. The number of rotatable bonds is 9. The molecule has 0 aliphatic carbocycles. The fourth-order valence-corrected chi connectivity index (χ4v) is 3.61. The molecule has 140 valence electrons. The van der Waals surface area contributed by atoms with E-state index in [0.717, 1.165) is 23.4 Å². The zero-order valence-corrected chi connectivity index (χ0v) is 16.0. The quantitative estimate of drug-likeness (QED) is 0.720. The minimum absolute atomic E-state index is 0.115. The van der Waals surface area contributed by atoms with Crippen molar-refractivity contribution in [3.63, 3.8) is 0 Å². The van der Waals surface area contributed by atoms with Crippen LogP contribution in [0.4, 0.5) is 5.69 Å². The fraction of sp³-hybridized carbons (Fsp3) is 0.529. The van der Waals surface area contributed by atoms with E-state index in [-0.39, 0.29) is 29.3 Å². The Morgan fingerprint density at radius 1 is 1.00 bits per heavy atom. The third-order valence-corrected chi connectivity index (χ3v) is 4.93. The van der Waals surface area contributed by atoms with Crippen molar-refractivity contribution < 1.29 is 23.1 Å². The zero-order valence-electron chi connectivity index (χ0n) is 15.2. The lowest BCUT2D eigenvalue weighted by Gasteiger charge is -2.24. The first-order chi connectivity index (χ1) is 11.6. The van der Waals surface area contributed by atoms with Crippen molar-refractivity contribution in [2.24, 2.45) is 0 Å². The van der Waals surface area contributed by atoms with Gasteiger partial charge < -0.3 is 10.0 Å². The van der Waals surface area contributed by atoms with Crippen molar-refractivity contribution in [2.75, 3.05) is 30.2 Å². The van der Waals surface area contributed by atoms with Crippen molar-refractivity contribution in [1.82, 2.24) is 4.90 Å². The van der Waals surface area contributed by atoms with Crippen LogP contribution in [0.2, 0.25) is 0 Å². The summed E-state index contributed by atoms with van der Waals surface area (Å²) >= 11 is 0.